The number of para-hydroxylation sites is 2. The van der Waals surface area contributed by atoms with Crippen LogP contribution in [0.4, 0.5) is 0 Å². The Hall–Kier alpha value is -5.14. The number of furan rings is 1. The van der Waals surface area contributed by atoms with Crippen molar-refractivity contribution < 1.29 is 24.5 Å². The van der Waals surface area contributed by atoms with Gasteiger partial charge < -0.3 is 8.98 Å². The molecule has 9 aromatic rings. The van der Waals surface area contributed by atoms with Gasteiger partial charge in [0.2, 0.25) is 5.71 Å². The van der Waals surface area contributed by atoms with Gasteiger partial charge in [-0.05, 0) is 77.4 Å². The summed E-state index contributed by atoms with van der Waals surface area (Å²) in [5.74, 6) is 8.73. The molecule has 9 rings (SSSR count). The monoisotopic (exact) mass is 1070 g/mol. The van der Waals surface area contributed by atoms with E-state index < -0.39 is 13.3 Å². The predicted molar refractivity (Wildman–Crippen MR) is 263 cm³/mol. The average Bonchev–Trinajstić information content (AvgIpc) is 3.81. The van der Waals surface area contributed by atoms with Crippen LogP contribution in [0.25, 0.3) is 72.6 Å². The van der Waals surface area contributed by atoms with Gasteiger partial charge in [0, 0.05) is 36.9 Å². The van der Waals surface area contributed by atoms with E-state index in [4.69, 9.17) is 14.4 Å². The molecule has 0 atom stereocenters. The summed E-state index contributed by atoms with van der Waals surface area (Å²) in [5.41, 5.74) is 15.3. The van der Waals surface area contributed by atoms with E-state index in [1.807, 2.05) is 43.3 Å². The first-order valence-corrected chi connectivity index (χ1v) is 29.3. The van der Waals surface area contributed by atoms with Gasteiger partial charge in [-0.15, -0.1) is 18.2 Å². The van der Waals surface area contributed by atoms with Crippen molar-refractivity contribution >= 4 is 50.8 Å². The minimum absolute atomic E-state index is 0. The number of aryl methyl sites for hydroxylation is 1. The molecule has 0 amide bonds. The molecule has 1 radical (unpaired) electrons. The van der Waals surface area contributed by atoms with Crippen LogP contribution in [-0.2, 0) is 26.5 Å². The number of hydrogen-bond acceptors (Lipinski definition) is 4. The fraction of sp³-hybridized carbons (Fsp3) is 0.268. The first-order valence-electron chi connectivity index (χ1n) is 22.0. The van der Waals surface area contributed by atoms with Gasteiger partial charge in [-0.2, -0.15) is 0 Å². The summed E-state index contributed by atoms with van der Waals surface area (Å²) in [6.07, 6.45) is 3.24. The summed E-state index contributed by atoms with van der Waals surface area (Å²) in [6.45, 7) is 18.0. The van der Waals surface area contributed by atoms with Crippen molar-refractivity contribution in [3.63, 3.8) is 0 Å². The van der Waals surface area contributed by atoms with E-state index in [-0.39, 0.29) is 20.1 Å². The van der Waals surface area contributed by atoms with E-state index in [1.165, 1.54) is 37.9 Å². The Morgan fingerprint density at radius 2 is 1.40 bits per heavy atom. The number of benzene rings is 5. The molecule has 5 nitrogen and oxygen atoms in total. The molecule has 0 aliphatic carbocycles. The molecule has 323 valence electrons. The fourth-order valence-electron chi connectivity index (χ4n) is 8.51. The molecule has 4 aromatic heterocycles. The molecule has 0 aliphatic heterocycles. The van der Waals surface area contributed by atoms with Crippen LogP contribution in [0.2, 0.25) is 17.3 Å². The molecular weight excluding hydrogens is 1010 g/mol. The topological polar surface area (TPSA) is 56.7 Å². The third-order valence-corrected chi connectivity index (χ3v) is 15.8. The van der Waals surface area contributed by atoms with Gasteiger partial charge in [0.25, 0.3) is 0 Å². The number of fused-ring (bicyclic) bond motifs is 4. The second kappa shape index (κ2) is 18.5. The number of rotatable bonds is 8. The Morgan fingerprint density at radius 3 is 2.05 bits per heavy atom. The summed E-state index contributed by atoms with van der Waals surface area (Å²) in [7, 11) is 0. The summed E-state index contributed by atoms with van der Waals surface area (Å²) in [4.78, 5) is 14.6. The maximum atomic E-state index is 6.44. The molecule has 5 aromatic carbocycles. The Bertz CT molecular complexity index is 3000. The van der Waals surface area contributed by atoms with E-state index >= 15 is 0 Å². The van der Waals surface area contributed by atoms with Crippen molar-refractivity contribution in [1.82, 2.24) is 19.5 Å². The Balaban J connectivity index is 0.000000229. The van der Waals surface area contributed by atoms with Crippen molar-refractivity contribution in [3.8, 4) is 39.5 Å². The van der Waals surface area contributed by atoms with Crippen molar-refractivity contribution in [2.75, 3.05) is 0 Å². The van der Waals surface area contributed by atoms with Crippen LogP contribution in [0, 0.1) is 24.5 Å². The SMILES string of the molecule is CC(C)(C)Cc1cc(-c2[c-]cccc2)nc[c]1[Ge]([CH3])([CH3])[CH3].Cc1ccc2c(n1)oc1c(-c3nc4ccccc4n3-c3c(C(C)C)cc(-c4ccccc4)cc3C(C)C)[c-]ccc12.[Ir]. The number of nitrogens with zero attached hydrogens (tertiary/aromatic N) is 4. The quantitative estimate of drug-likeness (QED) is 0.112. The average molecular weight is 1070 g/mol. The smallest absolute Gasteiger partial charge is 0.216 e. The molecule has 0 spiro atoms. The minimum atomic E-state index is -1.90. The zero-order valence-electron chi connectivity index (χ0n) is 38.5. The molecule has 0 aliphatic rings. The number of hydrogen-bond donors (Lipinski definition) is 0. The van der Waals surface area contributed by atoms with Crippen LogP contribution in [0.5, 0.6) is 0 Å². The van der Waals surface area contributed by atoms with E-state index in [9.17, 15) is 0 Å². The first-order chi connectivity index (χ1) is 29.6. The van der Waals surface area contributed by atoms with Crippen LogP contribution in [0.15, 0.2) is 132 Å². The first kappa shape index (κ1) is 45.9. The molecule has 0 bridgehead atoms. The van der Waals surface area contributed by atoms with E-state index in [2.05, 4.69) is 179 Å². The Labute approximate surface area is 390 Å². The van der Waals surface area contributed by atoms with Crippen molar-refractivity contribution in [1.29, 1.82) is 0 Å². The van der Waals surface area contributed by atoms with Gasteiger partial charge in [0.15, 0.2) is 0 Å². The van der Waals surface area contributed by atoms with Crippen molar-refractivity contribution in [2.45, 2.75) is 90.9 Å². The maximum Gasteiger partial charge on any atom is 0.216 e. The van der Waals surface area contributed by atoms with Crippen molar-refractivity contribution in [2.24, 2.45) is 5.41 Å². The van der Waals surface area contributed by atoms with Gasteiger partial charge in [-0.1, -0.05) is 81.1 Å². The Morgan fingerprint density at radius 1 is 0.714 bits per heavy atom. The van der Waals surface area contributed by atoms with E-state index in [0.29, 0.717) is 23.0 Å². The zero-order valence-corrected chi connectivity index (χ0v) is 43.0. The van der Waals surface area contributed by atoms with Crippen LogP contribution < -0.4 is 4.40 Å². The molecule has 0 fully saturated rings. The van der Waals surface area contributed by atoms with Gasteiger partial charge in [0.1, 0.15) is 0 Å². The zero-order chi connectivity index (χ0) is 43.9. The fourth-order valence-corrected chi connectivity index (χ4v) is 11.8. The minimum Gasteiger partial charge on any atom is -0.486 e. The molecule has 4 heterocycles. The predicted octanol–water partition coefficient (Wildman–Crippen LogP) is 14.7. The molecule has 63 heavy (non-hydrogen) atoms. The van der Waals surface area contributed by atoms with Crippen LogP contribution in [0.3, 0.4) is 0 Å². The van der Waals surface area contributed by atoms with Gasteiger partial charge in [-0.3, -0.25) is 4.98 Å². The second-order valence-corrected chi connectivity index (χ2v) is 30.0. The molecule has 0 saturated heterocycles. The number of pyridine rings is 2. The molecule has 0 N–H and O–H groups in total. The van der Waals surface area contributed by atoms with Gasteiger partial charge in [0.05, 0.1) is 22.4 Å². The molecule has 0 saturated carbocycles. The maximum absolute atomic E-state index is 6.44. The third-order valence-electron chi connectivity index (χ3n) is 11.5. The van der Waals surface area contributed by atoms with Crippen LogP contribution in [-0.4, -0.2) is 32.8 Å². The van der Waals surface area contributed by atoms with E-state index in [0.717, 1.165) is 62.1 Å². The molecule has 0 unspecified atom stereocenters. The van der Waals surface area contributed by atoms with E-state index in [1.54, 1.807) is 0 Å². The summed E-state index contributed by atoms with van der Waals surface area (Å²) in [6, 6.07) is 49.1. The number of aromatic nitrogens is 4. The van der Waals surface area contributed by atoms with Gasteiger partial charge >= 0.3 is 132 Å². The standard InChI is InChI=1S/C37H32N3O.C19H26GeN.Ir/c1-22(2)30-20-26(25-12-7-6-8-13-25)21-31(23(3)4)34(30)40-33-17-10-9-16-32(33)39-36(40)29-15-11-14-27-28-19-18-24(5)38-37(28)41-35(27)29;1-19(2,3)13-16-12-18(15-10-8-7-9-11-15)21-14-17(16)20(4,5)6;/h6-14,16-23H,1-5H3;7-10,12,14H,13H2,1-6H3;/q2*-1;. The normalized spacial score (nSPS) is 12.0. The van der Waals surface area contributed by atoms with Crippen LogP contribution >= 0.6 is 0 Å². The molecule has 7 heteroatoms. The Kier molecular flexibility index (Phi) is 13.5. The number of imidazole rings is 1. The van der Waals surface area contributed by atoms with Crippen molar-refractivity contribution in [3.05, 3.63) is 162 Å². The second-order valence-electron chi connectivity index (χ2n) is 19.4. The molecular formula is C56H58GeIrN4O-2. The van der Waals surface area contributed by atoms with Gasteiger partial charge in [-0.25, -0.2) is 4.98 Å². The third kappa shape index (κ3) is 9.70. The van der Waals surface area contributed by atoms with Crippen LogP contribution in [0.1, 0.15) is 82.7 Å². The summed E-state index contributed by atoms with van der Waals surface area (Å²) < 4.78 is 10.3. The summed E-state index contributed by atoms with van der Waals surface area (Å²) in [5, 5.41) is 2.02. The largest absolute Gasteiger partial charge is 0.486 e. The summed E-state index contributed by atoms with van der Waals surface area (Å²) >= 11 is -1.90.